The second kappa shape index (κ2) is 7.08. The molecule has 1 aliphatic rings. The van der Waals surface area contributed by atoms with Crippen LogP contribution in [0.15, 0.2) is 24.7 Å². The van der Waals surface area contributed by atoms with Crippen molar-refractivity contribution in [1.82, 2.24) is 30.4 Å². The van der Waals surface area contributed by atoms with Crippen LogP contribution in [-0.4, -0.2) is 38.4 Å². The molecule has 2 aromatic rings. The number of aromatic nitrogens is 4. The summed E-state index contributed by atoms with van der Waals surface area (Å²) >= 11 is 0. The Bertz CT molecular complexity index is 671. The first-order valence-corrected chi connectivity index (χ1v) is 7.74. The van der Waals surface area contributed by atoms with Gasteiger partial charge in [-0.3, -0.25) is 0 Å². The molecule has 0 aliphatic carbocycles. The lowest BCUT2D eigenvalue weighted by molar-refractivity contribution is 0.231. The van der Waals surface area contributed by atoms with Crippen molar-refractivity contribution in [3.05, 3.63) is 36.0 Å². The van der Waals surface area contributed by atoms with E-state index >= 15 is 0 Å². The van der Waals surface area contributed by atoms with E-state index in [0.29, 0.717) is 25.6 Å². The number of fused-ring (bicyclic) bond motifs is 1. The van der Waals surface area contributed by atoms with Crippen molar-refractivity contribution in [3.8, 4) is 5.88 Å². The van der Waals surface area contributed by atoms with Crippen LogP contribution in [0.1, 0.15) is 24.7 Å². The smallest absolute Gasteiger partial charge is 0.315 e. The number of nitrogens with one attached hydrogen (secondary N) is 2. The molecule has 0 spiro atoms. The highest BCUT2D eigenvalue weighted by Gasteiger charge is 2.21. The van der Waals surface area contributed by atoms with Crippen LogP contribution in [0.5, 0.6) is 5.88 Å². The average Bonchev–Trinajstić information content (AvgIpc) is 3.02. The maximum atomic E-state index is 12.1. The van der Waals surface area contributed by atoms with Gasteiger partial charge < -0.3 is 15.4 Å². The number of ether oxygens (including phenoxy) is 1. The van der Waals surface area contributed by atoms with E-state index in [-0.39, 0.29) is 12.1 Å². The average molecular weight is 316 g/mol. The molecule has 0 fully saturated rings. The number of nitrogens with zero attached hydrogens (tertiary/aromatic N) is 4. The normalized spacial score (nSPS) is 16.5. The number of carbonyl (C=O) groups is 1. The summed E-state index contributed by atoms with van der Waals surface area (Å²) < 4.78 is 7.28. The van der Waals surface area contributed by atoms with Gasteiger partial charge >= 0.3 is 6.03 Å². The first-order valence-electron chi connectivity index (χ1n) is 7.74. The van der Waals surface area contributed by atoms with Crippen molar-refractivity contribution >= 4 is 6.03 Å². The minimum Gasteiger partial charge on any atom is -0.478 e. The standard InChI is InChI=1S/C15H20N6O2/c1-2-23-14-11(4-3-7-16-14)8-17-15(22)20-12-5-6-13-18-10-19-21(13)9-12/h3-4,7,10,12H,2,5-6,8-9H2,1H3,(H2,17,20,22). The topological polar surface area (TPSA) is 94.0 Å². The molecule has 0 radical (unpaired) electrons. The number of amides is 2. The van der Waals surface area contributed by atoms with E-state index in [4.69, 9.17) is 4.74 Å². The number of aryl methyl sites for hydroxylation is 1. The molecule has 2 amide bonds. The summed E-state index contributed by atoms with van der Waals surface area (Å²) in [6.07, 6.45) is 4.91. The Morgan fingerprint density at radius 3 is 3.26 bits per heavy atom. The van der Waals surface area contributed by atoms with Crippen LogP contribution in [0.4, 0.5) is 4.79 Å². The van der Waals surface area contributed by atoms with Crippen LogP contribution in [0.2, 0.25) is 0 Å². The summed E-state index contributed by atoms with van der Waals surface area (Å²) in [7, 11) is 0. The zero-order valence-electron chi connectivity index (χ0n) is 13.0. The Balaban J connectivity index is 1.51. The predicted octanol–water partition coefficient (Wildman–Crippen LogP) is 0.886. The Hall–Kier alpha value is -2.64. The fourth-order valence-electron chi connectivity index (χ4n) is 2.59. The lowest BCUT2D eigenvalue weighted by Gasteiger charge is -2.23. The first-order chi connectivity index (χ1) is 11.3. The molecule has 8 heteroatoms. The van der Waals surface area contributed by atoms with E-state index in [1.165, 1.54) is 0 Å². The quantitative estimate of drug-likeness (QED) is 0.854. The van der Waals surface area contributed by atoms with Crippen LogP contribution in [0.3, 0.4) is 0 Å². The van der Waals surface area contributed by atoms with Gasteiger partial charge in [-0.2, -0.15) is 5.10 Å². The molecule has 1 unspecified atom stereocenters. The molecule has 23 heavy (non-hydrogen) atoms. The van der Waals surface area contributed by atoms with Crippen molar-refractivity contribution in [2.75, 3.05) is 6.61 Å². The molecular weight excluding hydrogens is 296 g/mol. The third kappa shape index (κ3) is 3.77. The fraction of sp³-hybridized carbons (Fsp3) is 0.467. The molecule has 3 heterocycles. The third-order valence-electron chi connectivity index (χ3n) is 3.71. The second-order valence-corrected chi connectivity index (χ2v) is 5.32. The number of pyridine rings is 1. The van der Waals surface area contributed by atoms with Crippen molar-refractivity contribution < 1.29 is 9.53 Å². The highest BCUT2D eigenvalue weighted by molar-refractivity contribution is 5.74. The zero-order chi connectivity index (χ0) is 16.1. The summed E-state index contributed by atoms with van der Waals surface area (Å²) in [6, 6.07) is 3.57. The van der Waals surface area contributed by atoms with E-state index in [1.807, 2.05) is 23.7 Å². The van der Waals surface area contributed by atoms with Crippen LogP contribution >= 0.6 is 0 Å². The van der Waals surface area contributed by atoms with Crippen molar-refractivity contribution in [2.24, 2.45) is 0 Å². The molecule has 8 nitrogen and oxygen atoms in total. The highest BCUT2D eigenvalue weighted by atomic mass is 16.5. The van der Waals surface area contributed by atoms with E-state index in [9.17, 15) is 4.79 Å². The van der Waals surface area contributed by atoms with E-state index in [0.717, 1.165) is 24.2 Å². The molecule has 0 saturated heterocycles. The van der Waals surface area contributed by atoms with Gasteiger partial charge in [-0.05, 0) is 19.4 Å². The summed E-state index contributed by atoms with van der Waals surface area (Å²) in [4.78, 5) is 20.4. The predicted molar refractivity (Wildman–Crippen MR) is 82.9 cm³/mol. The van der Waals surface area contributed by atoms with Crippen molar-refractivity contribution in [1.29, 1.82) is 0 Å². The first kappa shape index (κ1) is 15.3. The van der Waals surface area contributed by atoms with Gasteiger partial charge in [0.05, 0.1) is 19.2 Å². The maximum absolute atomic E-state index is 12.1. The van der Waals surface area contributed by atoms with Gasteiger partial charge in [0.25, 0.3) is 0 Å². The summed E-state index contributed by atoms with van der Waals surface area (Å²) in [6.45, 7) is 3.47. The third-order valence-corrected chi connectivity index (χ3v) is 3.71. The Morgan fingerprint density at radius 1 is 1.48 bits per heavy atom. The van der Waals surface area contributed by atoms with Crippen LogP contribution in [0.25, 0.3) is 0 Å². The molecule has 3 rings (SSSR count). The van der Waals surface area contributed by atoms with Crippen LogP contribution in [0, 0.1) is 0 Å². The van der Waals surface area contributed by atoms with Gasteiger partial charge in [-0.25, -0.2) is 19.4 Å². The molecule has 1 atom stereocenters. The minimum atomic E-state index is -0.204. The molecule has 0 aromatic carbocycles. The zero-order valence-corrected chi connectivity index (χ0v) is 13.0. The molecular formula is C15H20N6O2. The second-order valence-electron chi connectivity index (χ2n) is 5.32. The molecule has 0 bridgehead atoms. The molecule has 0 saturated carbocycles. The maximum Gasteiger partial charge on any atom is 0.315 e. The van der Waals surface area contributed by atoms with Crippen molar-refractivity contribution in [2.45, 2.75) is 38.9 Å². The van der Waals surface area contributed by atoms with Crippen LogP contribution < -0.4 is 15.4 Å². The number of hydrogen-bond donors (Lipinski definition) is 2. The monoisotopic (exact) mass is 316 g/mol. The highest BCUT2D eigenvalue weighted by Crippen LogP contribution is 2.14. The number of urea groups is 1. The number of rotatable bonds is 5. The summed E-state index contributed by atoms with van der Waals surface area (Å²) in [5.74, 6) is 1.53. The Morgan fingerprint density at radius 2 is 2.39 bits per heavy atom. The van der Waals surface area contributed by atoms with Gasteiger partial charge in [0.1, 0.15) is 12.2 Å². The number of hydrogen-bond acceptors (Lipinski definition) is 5. The minimum absolute atomic E-state index is 0.0597. The van der Waals surface area contributed by atoms with E-state index in [1.54, 1.807) is 12.5 Å². The Kier molecular flexibility index (Phi) is 4.70. The summed E-state index contributed by atoms with van der Waals surface area (Å²) in [5, 5.41) is 9.97. The molecule has 2 N–H and O–H groups in total. The molecule has 1 aliphatic heterocycles. The van der Waals surface area contributed by atoms with Gasteiger partial charge in [0.15, 0.2) is 0 Å². The van der Waals surface area contributed by atoms with Crippen LogP contribution in [-0.2, 0) is 19.5 Å². The van der Waals surface area contributed by atoms with Gasteiger partial charge in [-0.15, -0.1) is 0 Å². The lowest BCUT2D eigenvalue weighted by Crippen LogP contribution is -2.45. The van der Waals surface area contributed by atoms with Gasteiger partial charge in [0, 0.05) is 24.7 Å². The Labute approximate surface area is 134 Å². The van der Waals surface area contributed by atoms with Crippen molar-refractivity contribution in [3.63, 3.8) is 0 Å². The van der Waals surface area contributed by atoms with Gasteiger partial charge in [-0.1, -0.05) is 6.07 Å². The van der Waals surface area contributed by atoms with Gasteiger partial charge in [0.2, 0.25) is 5.88 Å². The lowest BCUT2D eigenvalue weighted by atomic mass is 10.1. The molecule has 2 aromatic heterocycles. The SMILES string of the molecule is CCOc1ncccc1CNC(=O)NC1CCc2ncnn2C1. The largest absolute Gasteiger partial charge is 0.478 e. The number of carbonyl (C=O) groups excluding carboxylic acids is 1. The van der Waals surface area contributed by atoms with E-state index in [2.05, 4.69) is 25.7 Å². The summed E-state index contributed by atoms with van der Waals surface area (Å²) in [5.41, 5.74) is 0.853. The van der Waals surface area contributed by atoms with E-state index < -0.39 is 0 Å². The molecule has 122 valence electrons. The fourth-order valence-corrected chi connectivity index (χ4v) is 2.59.